The van der Waals surface area contributed by atoms with Crippen LogP contribution in [0, 0.1) is 0 Å². The lowest BCUT2D eigenvalue weighted by Crippen LogP contribution is -2.01. The van der Waals surface area contributed by atoms with Crippen molar-refractivity contribution in [1.82, 2.24) is 9.55 Å². The molecule has 0 radical (unpaired) electrons. The molecule has 160 valence electrons. The molecule has 0 saturated heterocycles. The van der Waals surface area contributed by atoms with Crippen molar-refractivity contribution < 1.29 is 4.74 Å². The smallest absolute Gasteiger partial charge is 0.146 e. The van der Waals surface area contributed by atoms with Crippen molar-refractivity contribution in [1.29, 1.82) is 0 Å². The number of ether oxygens (including phenoxy) is 1. The summed E-state index contributed by atoms with van der Waals surface area (Å²) in [6, 6.07) is 6.58. The third kappa shape index (κ3) is 4.48. The van der Waals surface area contributed by atoms with E-state index in [1.807, 2.05) is 6.08 Å². The van der Waals surface area contributed by atoms with Gasteiger partial charge >= 0.3 is 0 Å². The molecule has 2 aliphatic rings. The summed E-state index contributed by atoms with van der Waals surface area (Å²) >= 11 is 0. The molecule has 1 N–H and O–H groups in total. The van der Waals surface area contributed by atoms with E-state index in [1.54, 1.807) is 7.11 Å². The van der Waals surface area contributed by atoms with E-state index in [-0.39, 0.29) is 0 Å². The summed E-state index contributed by atoms with van der Waals surface area (Å²) in [6.07, 6.45) is 17.9. The highest BCUT2D eigenvalue weighted by atomic mass is 16.5. The van der Waals surface area contributed by atoms with Crippen LogP contribution in [0.1, 0.15) is 86.9 Å². The number of aromatic amines is 1. The van der Waals surface area contributed by atoms with Crippen molar-refractivity contribution >= 4 is 11.8 Å². The number of nitrogens with zero attached hydrogens (tertiary/aromatic N) is 2. The molecule has 0 fully saturated rings. The second kappa shape index (κ2) is 9.55. The Morgan fingerprint density at radius 3 is 2.90 bits per heavy atom. The molecule has 1 unspecified atom stereocenters. The molecule has 1 atom stereocenters. The Labute approximate surface area is 180 Å². The second-order valence-corrected chi connectivity index (χ2v) is 8.70. The van der Waals surface area contributed by atoms with E-state index in [4.69, 9.17) is 9.73 Å². The monoisotopic (exact) mass is 405 g/mol. The minimum atomic E-state index is 0.632. The van der Waals surface area contributed by atoms with Crippen LogP contribution in [0.2, 0.25) is 0 Å². The average Bonchev–Trinajstić information content (AvgIpc) is 3.45. The summed E-state index contributed by atoms with van der Waals surface area (Å²) in [5.41, 5.74) is 7.04. The van der Waals surface area contributed by atoms with Gasteiger partial charge in [0.2, 0.25) is 0 Å². The zero-order valence-electron chi connectivity index (χ0n) is 18.7. The first kappa shape index (κ1) is 20.8. The molecule has 0 aromatic carbocycles. The van der Waals surface area contributed by atoms with Gasteiger partial charge in [-0.1, -0.05) is 39.0 Å². The Hall–Kier alpha value is -2.49. The van der Waals surface area contributed by atoms with Crippen molar-refractivity contribution in [3.05, 3.63) is 64.6 Å². The third-order valence-corrected chi connectivity index (χ3v) is 6.50. The molecule has 1 aliphatic carbocycles. The van der Waals surface area contributed by atoms with Crippen LogP contribution in [0.5, 0.6) is 0 Å². The van der Waals surface area contributed by atoms with Crippen LogP contribution in [0.4, 0.5) is 0 Å². The standard InChI is InChI=1S/C26H35N3O/c1-4-5-11-19-12-8-6-7-9-13-20-16-21(19)22(27-20)17-24-26(30-3)18-23(28-24)25-14-10-15-29(25)2/h10,14-19,27H,4-9,11-13H2,1-3H3. The number of fused-ring (bicyclic) bond motifs is 2. The summed E-state index contributed by atoms with van der Waals surface area (Å²) in [6.45, 7) is 2.29. The molecule has 4 nitrogen and oxygen atoms in total. The molecule has 0 saturated carbocycles. The SMILES string of the molecule is CCCCC1CCCCCCc2cc1c(C=C1N=C(c3cccn3C)C=C1OC)[nH]2. The largest absolute Gasteiger partial charge is 0.494 e. The minimum absolute atomic E-state index is 0.632. The number of aryl methyl sites for hydroxylation is 2. The van der Waals surface area contributed by atoms with Gasteiger partial charge in [0.15, 0.2) is 0 Å². The number of hydrogen-bond donors (Lipinski definition) is 1. The highest BCUT2D eigenvalue weighted by Gasteiger charge is 2.22. The van der Waals surface area contributed by atoms with Crippen molar-refractivity contribution in [2.75, 3.05) is 7.11 Å². The lowest BCUT2D eigenvalue weighted by Gasteiger charge is -2.17. The van der Waals surface area contributed by atoms with Crippen LogP contribution >= 0.6 is 0 Å². The highest BCUT2D eigenvalue weighted by Crippen LogP contribution is 2.35. The Morgan fingerprint density at radius 2 is 2.13 bits per heavy atom. The first-order chi connectivity index (χ1) is 14.7. The molecular weight excluding hydrogens is 370 g/mol. The summed E-state index contributed by atoms with van der Waals surface area (Å²) in [7, 11) is 3.78. The van der Waals surface area contributed by atoms with Crippen molar-refractivity contribution in [3.63, 3.8) is 0 Å². The number of H-pyrrole nitrogens is 1. The summed E-state index contributed by atoms with van der Waals surface area (Å²) in [5, 5.41) is 0. The number of rotatable bonds is 6. The maximum Gasteiger partial charge on any atom is 0.146 e. The summed E-state index contributed by atoms with van der Waals surface area (Å²) in [5.74, 6) is 1.47. The Morgan fingerprint density at radius 1 is 1.27 bits per heavy atom. The number of methoxy groups -OCH3 is 1. The van der Waals surface area contributed by atoms with Crippen LogP contribution in [0.15, 0.2) is 46.9 Å². The maximum absolute atomic E-state index is 5.70. The quantitative estimate of drug-likeness (QED) is 0.585. The lowest BCUT2D eigenvalue weighted by molar-refractivity contribution is 0.303. The molecule has 2 bridgehead atoms. The van der Waals surface area contributed by atoms with Crippen LogP contribution in [-0.2, 0) is 18.2 Å². The fourth-order valence-electron chi connectivity index (χ4n) is 4.78. The van der Waals surface area contributed by atoms with Gasteiger partial charge < -0.3 is 14.3 Å². The predicted octanol–water partition coefficient (Wildman–Crippen LogP) is 6.51. The average molecular weight is 406 g/mol. The van der Waals surface area contributed by atoms with Crippen LogP contribution in [-0.4, -0.2) is 22.4 Å². The van der Waals surface area contributed by atoms with E-state index in [1.165, 1.54) is 68.3 Å². The van der Waals surface area contributed by atoms with Gasteiger partial charge in [-0.25, -0.2) is 4.99 Å². The molecular formula is C26H35N3O. The third-order valence-electron chi connectivity index (χ3n) is 6.50. The van der Waals surface area contributed by atoms with E-state index in [2.05, 4.69) is 54.0 Å². The van der Waals surface area contributed by atoms with Crippen molar-refractivity contribution in [3.8, 4) is 0 Å². The predicted molar refractivity (Wildman–Crippen MR) is 125 cm³/mol. The fourth-order valence-corrected chi connectivity index (χ4v) is 4.78. The summed E-state index contributed by atoms with van der Waals surface area (Å²) < 4.78 is 7.79. The van der Waals surface area contributed by atoms with Gasteiger partial charge in [0, 0.05) is 30.7 Å². The number of nitrogens with one attached hydrogen (secondary N) is 1. The van der Waals surface area contributed by atoms with E-state index in [0.717, 1.165) is 29.3 Å². The van der Waals surface area contributed by atoms with Crippen LogP contribution in [0.25, 0.3) is 6.08 Å². The van der Waals surface area contributed by atoms with Gasteiger partial charge in [-0.15, -0.1) is 0 Å². The number of aromatic nitrogens is 2. The Kier molecular flexibility index (Phi) is 6.61. The maximum atomic E-state index is 5.70. The molecule has 3 heterocycles. The first-order valence-corrected chi connectivity index (χ1v) is 11.6. The fraction of sp³-hybridized carbons (Fsp3) is 0.500. The van der Waals surface area contributed by atoms with E-state index in [0.29, 0.717) is 5.92 Å². The topological polar surface area (TPSA) is 42.3 Å². The molecule has 0 amide bonds. The Bertz CT molecular complexity index is 957. The van der Waals surface area contributed by atoms with Crippen molar-refractivity contribution in [2.45, 2.75) is 70.6 Å². The van der Waals surface area contributed by atoms with Gasteiger partial charge in [-0.2, -0.15) is 0 Å². The van der Waals surface area contributed by atoms with Gasteiger partial charge in [0.1, 0.15) is 11.5 Å². The number of allylic oxidation sites excluding steroid dienone is 1. The Balaban J connectivity index is 1.71. The lowest BCUT2D eigenvalue weighted by atomic mass is 9.87. The molecule has 0 spiro atoms. The van der Waals surface area contributed by atoms with Crippen LogP contribution in [0.3, 0.4) is 0 Å². The minimum Gasteiger partial charge on any atom is -0.494 e. The van der Waals surface area contributed by atoms with Gasteiger partial charge in [0.05, 0.1) is 18.5 Å². The molecule has 4 rings (SSSR count). The normalized spacial score (nSPS) is 20.9. The number of aliphatic imine (C=N–C) groups is 1. The molecule has 1 aliphatic heterocycles. The van der Waals surface area contributed by atoms with E-state index < -0.39 is 0 Å². The number of unbranched alkanes of at least 4 members (excludes halogenated alkanes) is 1. The van der Waals surface area contributed by atoms with Crippen LogP contribution < -0.4 is 0 Å². The summed E-state index contributed by atoms with van der Waals surface area (Å²) in [4.78, 5) is 8.67. The van der Waals surface area contributed by atoms with Crippen molar-refractivity contribution in [2.24, 2.45) is 12.0 Å². The van der Waals surface area contributed by atoms with Gasteiger partial charge in [-0.3, -0.25) is 0 Å². The first-order valence-electron chi connectivity index (χ1n) is 11.6. The molecule has 30 heavy (non-hydrogen) atoms. The van der Waals surface area contributed by atoms with Gasteiger partial charge in [-0.05, 0) is 61.4 Å². The highest BCUT2D eigenvalue weighted by molar-refractivity contribution is 6.11. The molecule has 4 heteroatoms. The second-order valence-electron chi connectivity index (χ2n) is 8.70. The zero-order valence-corrected chi connectivity index (χ0v) is 18.7. The van der Waals surface area contributed by atoms with Gasteiger partial charge in [0.25, 0.3) is 0 Å². The molecule has 2 aromatic rings. The van der Waals surface area contributed by atoms with E-state index in [9.17, 15) is 0 Å². The molecule has 2 aromatic heterocycles. The number of hydrogen-bond acceptors (Lipinski definition) is 2. The zero-order chi connectivity index (χ0) is 20.9. The van der Waals surface area contributed by atoms with E-state index >= 15 is 0 Å².